The first kappa shape index (κ1) is 17.5. The van der Waals surface area contributed by atoms with E-state index in [2.05, 4.69) is 15.5 Å². The average Bonchev–Trinajstić information content (AvgIpc) is 3.17. The van der Waals surface area contributed by atoms with Crippen molar-refractivity contribution in [1.82, 2.24) is 20.2 Å². The summed E-state index contributed by atoms with van der Waals surface area (Å²) in [5.41, 5.74) is -0.730. The Hall–Kier alpha value is -3.37. The van der Waals surface area contributed by atoms with Crippen molar-refractivity contribution in [3.8, 4) is 11.4 Å². The summed E-state index contributed by atoms with van der Waals surface area (Å²) in [6.07, 6.45) is 0.185. The summed E-state index contributed by atoms with van der Waals surface area (Å²) in [4.78, 5) is 11.8. The Balaban J connectivity index is 1.76. The van der Waals surface area contributed by atoms with Crippen LogP contribution in [0.3, 0.4) is 0 Å². The van der Waals surface area contributed by atoms with E-state index in [-0.39, 0.29) is 5.75 Å². The molecule has 0 amide bonds. The third-order valence-electron chi connectivity index (χ3n) is 3.30. The maximum absolute atomic E-state index is 13.6. The molecule has 1 aromatic heterocycles. The highest BCUT2D eigenvalue weighted by molar-refractivity contribution is 5.75. The fourth-order valence-electron chi connectivity index (χ4n) is 2.06. The summed E-state index contributed by atoms with van der Waals surface area (Å²) in [7, 11) is 0. The van der Waals surface area contributed by atoms with E-state index in [4.69, 9.17) is 4.74 Å². The number of carbonyl (C=O) groups is 1. The summed E-state index contributed by atoms with van der Waals surface area (Å²) in [6, 6.07) is 5.65. The topological polar surface area (TPSA) is 69.9 Å². The molecule has 0 N–H and O–H groups in total. The van der Waals surface area contributed by atoms with Gasteiger partial charge in [0.25, 0.3) is 0 Å². The predicted molar refractivity (Wildman–Crippen MR) is 74.7 cm³/mol. The molecule has 26 heavy (non-hydrogen) atoms. The van der Waals surface area contributed by atoms with E-state index in [1.165, 1.54) is 35.3 Å². The van der Waals surface area contributed by atoms with Gasteiger partial charge in [-0.1, -0.05) is 0 Å². The van der Waals surface area contributed by atoms with Crippen molar-refractivity contribution >= 4 is 5.97 Å². The number of hydrogen-bond acceptors (Lipinski definition) is 5. The number of rotatable bonds is 4. The van der Waals surface area contributed by atoms with Crippen LogP contribution < -0.4 is 4.74 Å². The van der Waals surface area contributed by atoms with Crippen LogP contribution in [0.1, 0.15) is 5.56 Å². The Morgan fingerprint density at radius 1 is 0.923 bits per heavy atom. The zero-order valence-electron chi connectivity index (χ0n) is 12.6. The van der Waals surface area contributed by atoms with Crippen molar-refractivity contribution in [2.45, 2.75) is 6.42 Å². The van der Waals surface area contributed by atoms with E-state index in [0.717, 1.165) is 0 Å². The molecule has 3 rings (SSSR count). The molecule has 0 unspecified atom stereocenters. The van der Waals surface area contributed by atoms with Crippen molar-refractivity contribution < 1.29 is 31.5 Å². The summed E-state index contributed by atoms with van der Waals surface area (Å²) < 4.78 is 72.5. The quantitative estimate of drug-likeness (QED) is 0.232. The molecule has 0 fully saturated rings. The zero-order chi connectivity index (χ0) is 18.8. The van der Waals surface area contributed by atoms with Crippen LogP contribution in [0.2, 0.25) is 0 Å². The lowest BCUT2D eigenvalue weighted by atomic mass is 10.1. The molecule has 0 aliphatic rings. The number of nitrogens with zero attached hydrogens (tertiary/aromatic N) is 4. The molecular weight excluding hydrogens is 363 g/mol. The third kappa shape index (κ3) is 3.23. The van der Waals surface area contributed by atoms with Gasteiger partial charge >= 0.3 is 5.97 Å². The van der Waals surface area contributed by atoms with Gasteiger partial charge in [0, 0.05) is 5.56 Å². The SMILES string of the molecule is O=C(Cc1c(F)c(F)c(F)c(F)c1F)Oc1ccc(-n2cnnn2)cc1. The highest BCUT2D eigenvalue weighted by Gasteiger charge is 2.27. The van der Waals surface area contributed by atoms with E-state index in [1.807, 2.05) is 0 Å². The van der Waals surface area contributed by atoms with E-state index in [1.54, 1.807) is 0 Å². The van der Waals surface area contributed by atoms with Crippen molar-refractivity contribution in [1.29, 1.82) is 0 Å². The number of carbonyl (C=O) groups excluding carboxylic acids is 1. The van der Waals surface area contributed by atoms with Crippen molar-refractivity contribution in [3.05, 3.63) is 65.2 Å². The fourth-order valence-corrected chi connectivity index (χ4v) is 2.06. The molecule has 134 valence electrons. The van der Waals surface area contributed by atoms with Gasteiger partial charge in [-0.05, 0) is 34.7 Å². The molecule has 0 bridgehead atoms. The molecule has 0 atom stereocenters. The first-order valence-corrected chi connectivity index (χ1v) is 6.93. The number of tetrazole rings is 1. The second-order valence-electron chi connectivity index (χ2n) is 4.95. The molecule has 2 aromatic carbocycles. The van der Waals surface area contributed by atoms with Gasteiger partial charge in [0.2, 0.25) is 5.82 Å². The Morgan fingerprint density at radius 3 is 2.04 bits per heavy atom. The van der Waals surface area contributed by atoms with Crippen LogP contribution in [0, 0.1) is 29.1 Å². The summed E-state index contributed by atoms with van der Waals surface area (Å²) in [5.74, 6) is -11.9. The van der Waals surface area contributed by atoms with Crippen molar-refractivity contribution in [2.75, 3.05) is 0 Å². The van der Waals surface area contributed by atoms with Gasteiger partial charge < -0.3 is 4.74 Å². The number of benzene rings is 2. The molecule has 1 heterocycles. The normalized spacial score (nSPS) is 10.8. The lowest BCUT2D eigenvalue weighted by Gasteiger charge is -2.09. The number of ether oxygens (including phenoxy) is 1. The maximum atomic E-state index is 13.6. The van der Waals surface area contributed by atoms with Gasteiger partial charge in [-0.15, -0.1) is 5.10 Å². The Bertz CT molecular complexity index is 932. The van der Waals surface area contributed by atoms with Crippen LogP contribution in [-0.2, 0) is 11.2 Å². The molecule has 0 radical (unpaired) electrons. The summed E-state index contributed by atoms with van der Waals surface area (Å²) >= 11 is 0. The molecule has 0 aliphatic heterocycles. The van der Waals surface area contributed by atoms with E-state index in [0.29, 0.717) is 5.69 Å². The number of esters is 1. The third-order valence-corrected chi connectivity index (χ3v) is 3.30. The lowest BCUT2D eigenvalue weighted by molar-refractivity contribution is -0.133. The van der Waals surface area contributed by atoms with Gasteiger partial charge in [-0.2, -0.15) is 0 Å². The molecule has 11 heteroatoms. The van der Waals surface area contributed by atoms with Gasteiger partial charge in [0.15, 0.2) is 23.3 Å². The van der Waals surface area contributed by atoms with Crippen molar-refractivity contribution in [2.24, 2.45) is 0 Å². The molecule has 0 saturated carbocycles. The minimum atomic E-state index is -2.30. The number of aromatic nitrogens is 4. The maximum Gasteiger partial charge on any atom is 0.315 e. The van der Waals surface area contributed by atoms with Gasteiger partial charge in [-0.3, -0.25) is 4.79 Å². The van der Waals surface area contributed by atoms with Gasteiger partial charge in [0.05, 0.1) is 12.1 Å². The zero-order valence-corrected chi connectivity index (χ0v) is 12.6. The smallest absolute Gasteiger partial charge is 0.315 e. The Kier molecular flexibility index (Phi) is 4.61. The van der Waals surface area contributed by atoms with E-state index >= 15 is 0 Å². The molecule has 6 nitrogen and oxygen atoms in total. The summed E-state index contributed by atoms with van der Waals surface area (Å²) in [6.45, 7) is 0. The molecule has 3 aromatic rings. The largest absolute Gasteiger partial charge is 0.426 e. The first-order chi connectivity index (χ1) is 12.4. The second kappa shape index (κ2) is 6.86. The van der Waals surface area contributed by atoms with E-state index in [9.17, 15) is 26.7 Å². The van der Waals surface area contributed by atoms with Crippen LogP contribution >= 0.6 is 0 Å². The number of hydrogen-bond donors (Lipinski definition) is 0. The minimum absolute atomic E-state index is 0.00398. The van der Waals surface area contributed by atoms with Gasteiger partial charge in [0.1, 0.15) is 12.1 Å². The standard InChI is InChI=1S/C15H7F5N4O2/c16-11-9(12(17)14(19)15(20)13(11)18)5-10(25)26-8-3-1-7(2-4-8)24-6-21-22-23-24/h1-4,6H,5H2. The highest BCUT2D eigenvalue weighted by Crippen LogP contribution is 2.24. The van der Waals surface area contributed by atoms with Crippen LogP contribution in [0.4, 0.5) is 22.0 Å². The molecule has 0 aliphatic carbocycles. The monoisotopic (exact) mass is 370 g/mol. The van der Waals surface area contributed by atoms with Crippen LogP contribution in [0.5, 0.6) is 5.75 Å². The number of halogens is 5. The first-order valence-electron chi connectivity index (χ1n) is 6.93. The van der Waals surface area contributed by atoms with Crippen LogP contribution in [0.15, 0.2) is 30.6 Å². The second-order valence-corrected chi connectivity index (χ2v) is 4.95. The average molecular weight is 370 g/mol. The summed E-state index contributed by atoms with van der Waals surface area (Å²) in [5, 5.41) is 10.5. The fraction of sp³-hybridized carbons (Fsp3) is 0.0667. The van der Waals surface area contributed by atoms with Crippen LogP contribution in [0.25, 0.3) is 5.69 Å². The minimum Gasteiger partial charge on any atom is -0.426 e. The molecule has 0 saturated heterocycles. The van der Waals surface area contributed by atoms with E-state index < -0.39 is 47.0 Å². The lowest BCUT2D eigenvalue weighted by Crippen LogP contribution is -2.16. The highest BCUT2D eigenvalue weighted by atomic mass is 19.2. The molecule has 0 spiro atoms. The van der Waals surface area contributed by atoms with Crippen LogP contribution in [-0.4, -0.2) is 26.2 Å². The predicted octanol–water partition coefficient (Wildman–Crippen LogP) is 2.51. The molecular formula is C15H7F5N4O2. The van der Waals surface area contributed by atoms with Gasteiger partial charge in [-0.25, -0.2) is 26.6 Å². The Labute approximate surface area is 141 Å². The Morgan fingerprint density at radius 2 is 1.50 bits per heavy atom. The van der Waals surface area contributed by atoms with Crippen molar-refractivity contribution in [3.63, 3.8) is 0 Å².